The molecule has 0 amide bonds. The highest BCUT2D eigenvalue weighted by molar-refractivity contribution is 9.10. The summed E-state index contributed by atoms with van der Waals surface area (Å²) in [6.45, 7) is 3.80. The van der Waals surface area contributed by atoms with E-state index < -0.39 is 0 Å². The number of hydrogen-bond donors (Lipinski definition) is 1. The lowest BCUT2D eigenvalue weighted by atomic mass is 10.1. The van der Waals surface area contributed by atoms with Crippen LogP contribution < -0.4 is 10.2 Å². The summed E-state index contributed by atoms with van der Waals surface area (Å²) in [7, 11) is 0. The van der Waals surface area contributed by atoms with Crippen molar-refractivity contribution in [1.82, 2.24) is 10.3 Å². The average molecular weight is 284 g/mol. The van der Waals surface area contributed by atoms with E-state index in [0.29, 0.717) is 12.2 Å². The van der Waals surface area contributed by atoms with Gasteiger partial charge in [0.2, 0.25) is 0 Å². The van der Waals surface area contributed by atoms with Crippen LogP contribution >= 0.6 is 15.9 Å². The van der Waals surface area contributed by atoms with Gasteiger partial charge in [-0.15, -0.1) is 0 Å². The lowest BCUT2D eigenvalue weighted by Crippen LogP contribution is -2.58. The van der Waals surface area contributed by atoms with Crippen molar-refractivity contribution < 1.29 is 4.74 Å². The zero-order valence-corrected chi connectivity index (χ0v) is 10.5. The maximum Gasteiger partial charge on any atom is 0.0879 e. The summed E-state index contributed by atoms with van der Waals surface area (Å²) in [5.41, 5.74) is 1.18. The Bertz CT molecular complexity index is 375. The van der Waals surface area contributed by atoms with E-state index in [2.05, 4.69) is 37.2 Å². The Labute approximate surface area is 103 Å². The molecule has 2 aliphatic rings. The minimum Gasteiger partial charge on any atom is -0.369 e. The number of hydrogen-bond acceptors (Lipinski definition) is 4. The van der Waals surface area contributed by atoms with Gasteiger partial charge in [0.25, 0.3) is 0 Å². The Morgan fingerprint density at radius 1 is 1.31 bits per heavy atom. The summed E-state index contributed by atoms with van der Waals surface area (Å²) in [5, 5.41) is 3.39. The van der Waals surface area contributed by atoms with Gasteiger partial charge in [-0.2, -0.15) is 0 Å². The molecule has 0 spiro atoms. The lowest BCUT2D eigenvalue weighted by Gasteiger charge is -2.42. The van der Waals surface area contributed by atoms with Crippen molar-refractivity contribution in [3.63, 3.8) is 0 Å². The van der Waals surface area contributed by atoms with E-state index in [9.17, 15) is 0 Å². The summed E-state index contributed by atoms with van der Waals surface area (Å²) in [6.07, 6.45) is 4.35. The first-order valence-corrected chi connectivity index (χ1v) is 6.32. The number of aromatic nitrogens is 1. The van der Waals surface area contributed by atoms with Crippen LogP contribution in [-0.4, -0.2) is 43.4 Å². The summed E-state index contributed by atoms with van der Waals surface area (Å²) >= 11 is 3.46. The molecule has 5 heteroatoms. The number of nitrogens with one attached hydrogen (secondary N) is 1. The zero-order valence-electron chi connectivity index (χ0n) is 8.90. The second-order valence-corrected chi connectivity index (χ2v) is 5.22. The Morgan fingerprint density at radius 2 is 2.06 bits per heavy atom. The van der Waals surface area contributed by atoms with Crippen molar-refractivity contribution in [2.24, 2.45) is 0 Å². The van der Waals surface area contributed by atoms with Crippen LogP contribution in [0.3, 0.4) is 0 Å². The van der Waals surface area contributed by atoms with Crippen molar-refractivity contribution in [2.45, 2.75) is 12.2 Å². The molecule has 0 aromatic carbocycles. The van der Waals surface area contributed by atoms with E-state index in [4.69, 9.17) is 4.74 Å². The van der Waals surface area contributed by atoms with Gasteiger partial charge in [-0.1, -0.05) is 0 Å². The fourth-order valence-electron chi connectivity index (χ4n) is 2.34. The SMILES string of the molecule is Brc1cncc(N2CC3CNCC(C2)O3)c1. The first-order chi connectivity index (χ1) is 7.81. The Balaban J connectivity index is 1.80. The minimum absolute atomic E-state index is 0.312. The summed E-state index contributed by atoms with van der Waals surface area (Å²) < 4.78 is 6.90. The highest BCUT2D eigenvalue weighted by Gasteiger charge is 2.31. The third-order valence-electron chi connectivity index (χ3n) is 3.03. The molecule has 2 unspecified atom stereocenters. The van der Waals surface area contributed by atoms with Gasteiger partial charge in [0.15, 0.2) is 0 Å². The maximum atomic E-state index is 5.87. The van der Waals surface area contributed by atoms with Crippen molar-refractivity contribution >= 4 is 21.6 Å². The monoisotopic (exact) mass is 283 g/mol. The molecule has 86 valence electrons. The topological polar surface area (TPSA) is 37.4 Å². The summed E-state index contributed by atoms with van der Waals surface area (Å²) in [5.74, 6) is 0. The van der Waals surface area contributed by atoms with Crippen LogP contribution in [0.4, 0.5) is 5.69 Å². The van der Waals surface area contributed by atoms with E-state index in [1.807, 2.05) is 12.4 Å². The standard InChI is InChI=1S/C11H14BrN3O/c12-8-1-9(3-13-2-8)15-6-10-4-14-5-11(7-15)16-10/h1-3,10-11,14H,4-7H2. The minimum atomic E-state index is 0.312. The van der Waals surface area contributed by atoms with Gasteiger partial charge >= 0.3 is 0 Å². The first kappa shape index (κ1) is 10.5. The molecule has 16 heavy (non-hydrogen) atoms. The van der Waals surface area contributed by atoms with E-state index in [-0.39, 0.29) is 0 Å². The van der Waals surface area contributed by atoms with E-state index in [1.165, 1.54) is 5.69 Å². The largest absolute Gasteiger partial charge is 0.369 e. The van der Waals surface area contributed by atoms with Gasteiger partial charge in [0, 0.05) is 36.8 Å². The Hall–Kier alpha value is -0.650. The van der Waals surface area contributed by atoms with Crippen LogP contribution in [0.5, 0.6) is 0 Å². The predicted molar refractivity (Wildman–Crippen MR) is 65.7 cm³/mol. The van der Waals surface area contributed by atoms with Crippen LogP contribution in [0.2, 0.25) is 0 Å². The second-order valence-electron chi connectivity index (χ2n) is 4.30. The average Bonchev–Trinajstić information content (AvgIpc) is 2.28. The van der Waals surface area contributed by atoms with Crippen molar-refractivity contribution in [2.75, 3.05) is 31.1 Å². The molecule has 3 heterocycles. The molecule has 2 fully saturated rings. The van der Waals surface area contributed by atoms with Crippen molar-refractivity contribution in [3.8, 4) is 0 Å². The van der Waals surface area contributed by atoms with Gasteiger partial charge in [-0.05, 0) is 22.0 Å². The normalized spacial score (nSPS) is 29.2. The number of pyridine rings is 1. The summed E-state index contributed by atoms with van der Waals surface area (Å²) in [6, 6.07) is 2.11. The molecule has 4 nitrogen and oxygen atoms in total. The highest BCUT2D eigenvalue weighted by Crippen LogP contribution is 2.23. The smallest absolute Gasteiger partial charge is 0.0879 e. The first-order valence-electron chi connectivity index (χ1n) is 5.53. The van der Waals surface area contributed by atoms with Crippen LogP contribution in [0, 0.1) is 0 Å². The van der Waals surface area contributed by atoms with Crippen molar-refractivity contribution in [1.29, 1.82) is 0 Å². The number of halogens is 1. The molecule has 0 saturated carbocycles. The van der Waals surface area contributed by atoms with Crippen LogP contribution in [0.1, 0.15) is 0 Å². The fourth-order valence-corrected chi connectivity index (χ4v) is 2.69. The predicted octanol–water partition coefficient (Wildman–Crippen LogP) is 1.02. The molecule has 2 bridgehead atoms. The van der Waals surface area contributed by atoms with E-state index >= 15 is 0 Å². The van der Waals surface area contributed by atoms with Crippen LogP contribution in [-0.2, 0) is 4.74 Å². The fraction of sp³-hybridized carbons (Fsp3) is 0.545. The van der Waals surface area contributed by atoms with Crippen LogP contribution in [0.25, 0.3) is 0 Å². The van der Waals surface area contributed by atoms with Gasteiger partial charge in [-0.25, -0.2) is 0 Å². The number of ether oxygens (including phenoxy) is 1. The number of fused-ring (bicyclic) bond motifs is 2. The second kappa shape index (κ2) is 4.31. The van der Waals surface area contributed by atoms with Crippen molar-refractivity contribution in [3.05, 3.63) is 22.9 Å². The molecule has 2 saturated heterocycles. The number of morpholine rings is 2. The molecule has 0 aliphatic carbocycles. The Morgan fingerprint density at radius 3 is 2.75 bits per heavy atom. The molecule has 2 aliphatic heterocycles. The molecular formula is C11H14BrN3O. The van der Waals surface area contributed by atoms with Gasteiger partial charge in [-0.3, -0.25) is 4.98 Å². The summed E-state index contributed by atoms with van der Waals surface area (Å²) in [4.78, 5) is 6.57. The quantitative estimate of drug-likeness (QED) is 0.835. The lowest BCUT2D eigenvalue weighted by molar-refractivity contribution is -0.0484. The third-order valence-corrected chi connectivity index (χ3v) is 3.47. The molecule has 2 atom stereocenters. The third kappa shape index (κ3) is 2.07. The maximum absolute atomic E-state index is 5.87. The van der Waals surface area contributed by atoms with E-state index in [0.717, 1.165) is 30.7 Å². The molecule has 1 aromatic rings. The molecule has 1 N–H and O–H groups in total. The van der Waals surface area contributed by atoms with Gasteiger partial charge < -0.3 is 15.0 Å². The number of anilines is 1. The number of rotatable bonds is 1. The molecule has 0 radical (unpaired) electrons. The van der Waals surface area contributed by atoms with Gasteiger partial charge in [0.1, 0.15) is 0 Å². The zero-order chi connectivity index (χ0) is 11.0. The molecular weight excluding hydrogens is 270 g/mol. The van der Waals surface area contributed by atoms with Crippen LogP contribution in [0.15, 0.2) is 22.9 Å². The molecule has 1 aromatic heterocycles. The van der Waals surface area contributed by atoms with Gasteiger partial charge in [0.05, 0.1) is 24.1 Å². The number of nitrogens with zero attached hydrogens (tertiary/aromatic N) is 2. The molecule has 3 rings (SSSR count). The van der Waals surface area contributed by atoms with E-state index in [1.54, 1.807) is 0 Å². The highest BCUT2D eigenvalue weighted by atomic mass is 79.9. The Kier molecular flexibility index (Phi) is 2.83.